The summed E-state index contributed by atoms with van der Waals surface area (Å²) in [5.41, 5.74) is 0.876. The number of benzene rings is 2. The first-order chi connectivity index (χ1) is 15.8. The fourth-order valence-electron chi connectivity index (χ4n) is 4.66. The third kappa shape index (κ3) is 5.02. The highest BCUT2D eigenvalue weighted by Gasteiger charge is 2.43. The van der Waals surface area contributed by atoms with Crippen LogP contribution in [0.1, 0.15) is 24.3 Å². The standard InChI is InChI=1S/C23H26F2N2O5S/c1-31-17-7-5-15(6-8-17)18-13-16(14-19(18)23(28)27-9-11-32-12-10-27)26-33(29,30)22-20(24)3-2-4-21(22)25/h2-8,16,18-19,26H,9-14H2,1H3/t16-,18+,19-/m0/s1. The van der Waals surface area contributed by atoms with Crippen LogP contribution in [0.25, 0.3) is 0 Å². The summed E-state index contributed by atoms with van der Waals surface area (Å²) in [5, 5.41) is 0. The second-order valence-electron chi connectivity index (χ2n) is 8.26. The van der Waals surface area contributed by atoms with Crippen molar-refractivity contribution >= 4 is 15.9 Å². The minimum atomic E-state index is -4.46. The first kappa shape index (κ1) is 23.6. The molecule has 1 heterocycles. The molecule has 178 valence electrons. The van der Waals surface area contributed by atoms with Crippen molar-refractivity contribution in [3.63, 3.8) is 0 Å². The summed E-state index contributed by atoms with van der Waals surface area (Å²) in [4.78, 5) is 14.1. The maximum absolute atomic E-state index is 14.1. The van der Waals surface area contributed by atoms with Crippen molar-refractivity contribution in [2.24, 2.45) is 5.92 Å². The molecule has 2 aliphatic rings. The SMILES string of the molecule is COc1ccc([C@H]2C[C@H](NS(=O)(=O)c3c(F)cccc3F)C[C@@H]2C(=O)N2CCOCC2)cc1. The van der Waals surface area contributed by atoms with Crippen LogP contribution in [0.15, 0.2) is 47.4 Å². The Balaban J connectivity index is 1.60. The van der Waals surface area contributed by atoms with E-state index in [1.165, 1.54) is 0 Å². The van der Waals surface area contributed by atoms with Crippen molar-refractivity contribution in [1.82, 2.24) is 9.62 Å². The van der Waals surface area contributed by atoms with Gasteiger partial charge in [0, 0.05) is 25.0 Å². The Kier molecular flexibility index (Phi) is 6.96. The minimum absolute atomic E-state index is 0.0714. The number of amides is 1. The minimum Gasteiger partial charge on any atom is -0.497 e. The largest absolute Gasteiger partial charge is 0.497 e. The Hall–Kier alpha value is -2.56. The van der Waals surface area contributed by atoms with Crippen LogP contribution >= 0.6 is 0 Å². The molecule has 1 saturated carbocycles. The lowest BCUT2D eigenvalue weighted by Crippen LogP contribution is -2.44. The molecule has 0 spiro atoms. The molecule has 4 rings (SSSR count). The molecule has 2 fully saturated rings. The quantitative estimate of drug-likeness (QED) is 0.687. The molecule has 0 radical (unpaired) electrons. The van der Waals surface area contributed by atoms with Crippen LogP contribution < -0.4 is 9.46 Å². The van der Waals surface area contributed by atoms with Crippen molar-refractivity contribution < 1.29 is 31.5 Å². The third-order valence-electron chi connectivity index (χ3n) is 6.26. The Labute approximate surface area is 191 Å². The van der Waals surface area contributed by atoms with Crippen LogP contribution in [0.4, 0.5) is 8.78 Å². The van der Waals surface area contributed by atoms with E-state index < -0.39 is 38.5 Å². The number of hydrogen-bond donors (Lipinski definition) is 1. The normalized spacial score (nSPS) is 23.5. The molecular formula is C23H26F2N2O5S. The molecular weight excluding hydrogens is 454 g/mol. The third-order valence-corrected chi connectivity index (χ3v) is 7.83. The Morgan fingerprint density at radius 1 is 1.06 bits per heavy atom. The van der Waals surface area contributed by atoms with Crippen molar-refractivity contribution in [1.29, 1.82) is 0 Å². The number of sulfonamides is 1. The first-order valence-corrected chi connectivity index (χ1v) is 12.3. The van der Waals surface area contributed by atoms with Gasteiger partial charge >= 0.3 is 0 Å². The number of nitrogens with one attached hydrogen (secondary N) is 1. The van der Waals surface area contributed by atoms with Gasteiger partial charge in [0.05, 0.1) is 20.3 Å². The summed E-state index contributed by atoms with van der Waals surface area (Å²) in [7, 11) is -2.90. The lowest BCUT2D eigenvalue weighted by molar-refractivity contribution is -0.140. The van der Waals surface area contributed by atoms with Crippen LogP contribution in [0.2, 0.25) is 0 Å². The number of rotatable bonds is 6. The Morgan fingerprint density at radius 3 is 2.30 bits per heavy atom. The van der Waals surface area contributed by atoms with E-state index in [0.29, 0.717) is 38.5 Å². The number of morpholine rings is 1. The molecule has 2 aromatic carbocycles. The van der Waals surface area contributed by atoms with Gasteiger partial charge in [-0.25, -0.2) is 21.9 Å². The number of nitrogens with zero attached hydrogens (tertiary/aromatic N) is 1. The van der Waals surface area contributed by atoms with Crippen molar-refractivity contribution in [2.75, 3.05) is 33.4 Å². The Morgan fingerprint density at radius 2 is 1.70 bits per heavy atom. The van der Waals surface area contributed by atoms with Gasteiger partial charge in [-0.1, -0.05) is 18.2 Å². The molecule has 1 N–H and O–H groups in total. The number of hydrogen-bond acceptors (Lipinski definition) is 5. The van der Waals surface area contributed by atoms with Gasteiger partial charge in [0.1, 0.15) is 17.4 Å². The molecule has 0 bridgehead atoms. The zero-order valence-corrected chi connectivity index (χ0v) is 19.0. The molecule has 0 unspecified atom stereocenters. The van der Waals surface area contributed by atoms with Gasteiger partial charge in [-0.05, 0) is 48.6 Å². The number of carbonyl (C=O) groups excluding carboxylic acids is 1. The molecule has 1 aliphatic heterocycles. The summed E-state index contributed by atoms with van der Waals surface area (Å²) in [6, 6.07) is 9.55. The summed E-state index contributed by atoms with van der Waals surface area (Å²) < 4.78 is 66.9. The van der Waals surface area contributed by atoms with E-state index >= 15 is 0 Å². The number of ether oxygens (including phenoxy) is 2. The van der Waals surface area contributed by atoms with E-state index in [2.05, 4.69) is 4.72 Å². The van der Waals surface area contributed by atoms with Gasteiger partial charge in [0.15, 0.2) is 4.90 Å². The highest BCUT2D eigenvalue weighted by atomic mass is 32.2. The van der Waals surface area contributed by atoms with Crippen LogP contribution in [0.5, 0.6) is 5.75 Å². The maximum Gasteiger partial charge on any atom is 0.246 e. The van der Waals surface area contributed by atoms with Crippen LogP contribution in [0.3, 0.4) is 0 Å². The average molecular weight is 481 g/mol. The van der Waals surface area contributed by atoms with Gasteiger partial charge in [-0.15, -0.1) is 0 Å². The molecule has 1 amide bonds. The van der Waals surface area contributed by atoms with E-state index in [0.717, 1.165) is 23.8 Å². The fraction of sp³-hybridized carbons (Fsp3) is 0.435. The zero-order valence-electron chi connectivity index (χ0n) is 18.2. The first-order valence-electron chi connectivity index (χ1n) is 10.8. The van der Waals surface area contributed by atoms with Gasteiger partial charge in [0.25, 0.3) is 0 Å². The van der Waals surface area contributed by atoms with Crippen molar-refractivity contribution in [3.05, 3.63) is 59.7 Å². The van der Waals surface area contributed by atoms with Crippen LogP contribution in [-0.4, -0.2) is 58.7 Å². The fourth-order valence-corrected chi connectivity index (χ4v) is 6.06. The predicted molar refractivity (Wildman–Crippen MR) is 116 cm³/mol. The molecule has 0 aromatic heterocycles. The van der Waals surface area contributed by atoms with Gasteiger partial charge in [-0.3, -0.25) is 4.79 Å². The number of halogens is 2. The lowest BCUT2D eigenvalue weighted by atomic mass is 9.88. The molecule has 1 saturated heterocycles. The number of methoxy groups -OCH3 is 1. The van der Waals surface area contributed by atoms with E-state index in [4.69, 9.17) is 9.47 Å². The summed E-state index contributed by atoms with van der Waals surface area (Å²) in [6.07, 6.45) is 0.546. The Bertz CT molecular complexity index is 1080. The lowest BCUT2D eigenvalue weighted by Gasteiger charge is -2.31. The van der Waals surface area contributed by atoms with Crippen LogP contribution in [-0.2, 0) is 19.6 Å². The predicted octanol–water partition coefficient (Wildman–Crippen LogP) is 2.67. The van der Waals surface area contributed by atoms with E-state index in [1.54, 1.807) is 24.1 Å². The summed E-state index contributed by atoms with van der Waals surface area (Å²) >= 11 is 0. The van der Waals surface area contributed by atoms with Gasteiger partial charge in [0.2, 0.25) is 15.9 Å². The molecule has 2 aromatic rings. The van der Waals surface area contributed by atoms with E-state index in [1.807, 2.05) is 12.1 Å². The smallest absolute Gasteiger partial charge is 0.246 e. The molecule has 10 heteroatoms. The van der Waals surface area contributed by atoms with E-state index in [9.17, 15) is 22.0 Å². The van der Waals surface area contributed by atoms with Crippen molar-refractivity contribution in [2.45, 2.75) is 29.7 Å². The molecule has 33 heavy (non-hydrogen) atoms. The molecule has 7 nitrogen and oxygen atoms in total. The average Bonchev–Trinajstić information content (AvgIpc) is 3.21. The van der Waals surface area contributed by atoms with Crippen LogP contribution in [0, 0.1) is 17.6 Å². The monoisotopic (exact) mass is 480 g/mol. The zero-order chi connectivity index (χ0) is 23.6. The molecule has 3 atom stereocenters. The van der Waals surface area contributed by atoms with Gasteiger partial charge < -0.3 is 14.4 Å². The summed E-state index contributed by atoms with van der Waals surface area (Å²) in [5.74, 6) is -2.46. The molecule has 1 aliphatic carbocycles. The summed E-state index contributed by atoms with van der Waals surface area (Å²) in [6.45, 7) is 1.85. The maximum atomic E-state index is 14.1. The number of carbonyl (C=O) groups is 1. The van der Waals surface area contributed by atoms with Crippen molar-refractivity contribution in [3.8, 4) is 5.75 Å². The second kappa shape index (κ2) is 9.74. The highest BCUT2D eigenvalue weighted by Crippen LogP contribution is 2.42. The second-order valence-corrected chi connectivity index (χ2v) is 9.92. The van der Waals surface area contributed by atoms with Gasteiger partial charge in [-0.2, -0.15) is 0 Å². The highest BCUT2D eigenvalue weighted by molar-refractivity contribution is 7.89. The van der Waals surface area contributed by atoms with E-state index in [-0.39, 0.29) is 18.2 Å². The topological polar surface area (TPSA) is 84.9 Å².